The Hall–Kier alpha value is -2.67. The van der Waals surface area contributed by atoms with Gasteiger partial charge in [0.1, 0.15) is 6.10 Å². The summed E-state index contributed by atoms with van der Waals surface area (Å²) in [4.78, 5) is 32.7. The fourth-order valence-corrected chi connectivity index (χ4v) is 3.00. The number of hydrogen-bond donors (Lipinski definition) is 1. The number of pyridine rings is 2. The van der Waals surface area contributed by atoms with Gasteiger partial charge in [-0.2, -0.15) is 0 Å². The third-order valence-corrected chi connectivity index (χ3v) is 4.25. The Kier molecular flexibility index (Phi) is 3.78. The topological polar surface area (TPSA) is 84.5 Å². The molecule has 1 amide bonds. The number of rotatable bonds is 3. The molecule has 0 spiro atoms. The number of nitrogens with zero attached hydrogens (tertiary/aromatic N) is 2. The highest BCUT2D eigenvalue weighted by Gasteiger charge is 2.25. The second kappa shape index (κ2) is 6.09. The summed E-state index contributed by atoms with van der Waals surface area (Å²) in [6.45, 7) is 2.13. The standard InChI is InChI=1S/C17H17N3O4/c21-15-2-1-12-8-20(9-14(12)19-15)17(22)11-3-5-18-16(7-11)24-13-4-6-23-10-13/h1-3,5,7,13H,4,6,8-10H2,(H,19,21). The van der Waals surface area contributed by atoms with E-state index >= 15 is 0 Å². The van der Waals surface area contributed by atoms with Crippen LogP contribution in [-0.4, -0.2) is 40.1 Å². The van der Waals surface area contributed by atoms with E-state index in [0.717, 1.165) is 17.7 Å². The Balaban J connectivity index is 1.50. The van der Waals surface area contributed by atoms with Crippen molar-refractivity contribution < 1.29 is 14.3 Å². The summed E-state index contributed by atoms with van der Waals surface area (Å²) >= 11 is 0. The van der Waals surface area contributed by atoms with E-state index in [1.54, 1.807) is 29.3 Å². The largest absolute Gasteiger partial charge is 0.472 e. The van der Waals surface area contributed by atoms with Crippen LogP contribution in [0.2, 0.25) is 0 Å². The molecule has 0 radical (unpaired) electrons. The summed E-state index contributed by atoms with van der Waals surface area (Å²) in [6, 6.07) is 6.58. The van der Waals surface area contributed by atoms with Crippen molar-refractivity contribution in [1.29, 1.82) is 0 Å². The number of nitrogens with one attached hydrogen (secondary N) is 1. The van der Waals surface area contributed by atoms with E-state index in [4.69, 9.17) is 9.47 Å². The van der Waals surface area contributed by atoms with Crippen LogP contribution in [0, 0.1) is 0 Å². The van der Waals surface area contributed by atoms with Gasteiger partial charge in [-0.1, -0.05) is 0 Å². The van der Waals surface area contributed by atoms with Gasteiger partial charge in [-0.3, -0.25) is 9.59 Å². The van der Waals surface area contributed by atoms with Crippen molar-refractivity contribution in [3.05, 3.63) is 57.6 Å². The minimum Gasteiger partial charge on any atom is -0.472 e. The maximum Gasteiger partial charge on any atom is 0.254 e. The summed E-state index contributed by atoms with van der Waals surface area (Å²) in [6.07, 6.45) is 2.39. The lowest BCUT2D eigenvalue weighted by Crippen LogP contribution is -2.25. The first-order chi connectivity index (χ1) is 11.7. The number of aromatic amines is 1. The molecular weight excluding hydrogens is 310 g/mol. The van der Waals surface area contributed by atoms with E-state index in [2.05, 4.69) is 9.97 Å². The van der Waals surface area contributed by atoms with Crippen LogP contribution in [0.25, 0.3) is 0 Å². The van der Waals surface area contributed by atoms with Crippen LogP contribution in [0.4, 0.5) is 0 Å². The molecule has 4 rings (SSSR count). The lowest BCUT2D eigenvalue weighted by atomic mass is 10.2. The number of H-pyrrole nitrogens is 1. The molecule has 1 fully saturated rings. The van der Waals surface area contributed by atoms with Crippen LogP contribution in [0.1, 0.15) is 28.0 Å². The maximum atomic E-state index is 12.7. The second-order valence-corrected chi connectivity index (χ2v) is 5.97. The molecule has 4 heterocycles. The highest BCUT2D eigenvalue weighted by Crippen LogP contribution is 2.23. The van der Waals surface area contributed by atoms with Gasteiger partial charge >= 0.3 is 0 Å². The molecule has 2 aliphatic heterocycles. The van der Waals surface area contributed by atoms with Gasteiger partial charge in [-0.15, -0.1) is 0 Å². The molecule has 7 heteroatoms. The molecular formula is C17H17N3O4. The van der Waals surface area contributed by atoms with Gasteiger partial charge in [0.25, 0.3) is 5.91 Å². The van der Waals surface area contributed by atoms with Gasteiger partial charge in [0, 0.05) is 42.6 Å². The van der Waals surface area contributed by atoms with Crippen LogP contribution in [0.3, 0.4) is 0 Å². The van der Waals surface area contributed by atoms with Crippen molar-refractivity contribution in [2.75, 3.05) is 13.2 Å². The molecule has 7 nitrogen and oxygen atoms in total. The number of carbonyl (C=O) groups is 1. The first kappa shape index (κ1) is 14.9. The molecule has 2 aromatic heterocycles. The molecule has 1 atom stereocenters. The van der Waals surface area contributed by atoms with Gasteiger partial charge in [0.15, 0.2) is 0 Å². The van der Waals surface area contributed by atoms with E-state index < -0.39 is 0 Å². The third kappa shape index (κ3) is 2.90. The summed E-state index contributed by atoms with van der Waals surface area (Å²) in [5.74, 6) is 0.323. The first-order valence-electron chi connectivity index (χ1n) is 7.90. The van der Waals surface area contributed by atoms with E-state index in [1.165, 1.54) is 6.07 Å². The molecule has 0 aromatic carbocycles. The average molecular weight is 327 g/mol. The van der Waals surface area contributed by atoms with Crippen molar-refractivity contribution in [2.45, 2.75) is 25.6 Å². The Bertz CT molecular complexity index is 827. The van der Waals surface area contributed by atoms with Gasteiger partial charge in [-0.05, 0) is 17.7 Å². The van der Waals surface area contributed by atoms with Gasteiger partial charge in [-0.25, -0.2) is 4.98 Å². The maximum absolute atomic E-state index is 12.7. The minimum atomic E-state index is -0.151. The highest BCUT2D eigenvalue weighted by molar-refractivity contribution is 5.94. The zero-order valence-electron chi connectivity index (χ0n) is 13.0. The molecule has 1 saturated heterocycles. The van der Waals surface area contributed by atoms with Crippen molar-refractivity contribution in [1.82, 2.24) is 14.9 Å². The molecule has 2 aromatic rings. The third-order valence-electron chi connectivity index (χ3n) is 4.25. The predicted molar refractivity (Wildman–Crippen MR) is 84.7 cm³/mol. The lowest BCUT2D eigenvalue weighted by Gasteiger charge is -2.16. The summed E-state index contributed by atoms with van der Waals surface area (Å²) in [7, 11) is 0. The van der Waals surface area contributed by atoms with Gasteiger partial charge in [0.05, 0.1) is 19.8 Å². The van der Waals surface area contributed by atoms with Crippen molar-refractivity contribution >= 4 is 5.91 Å². The predicted octanol–water partition coefficient (Wildman–Crippen LogP) is 1.09. The highest BCUT2D eigenvalue weighted by atomic mass is 16.5. The average Bonchev–Trinajstić information content (AvgIpc) is 3.23. The number of hydrogen-bond acceptors (Lipinski definition) is 5. The Morgan fingerprint density at radius 3 is 3.08 bits per heavy atom. The number of fused-ring (bicyclic) bond motifs is 1. The van der Waals surface area contributed by atoms with Crippen molar-refractivity contribution in [3.8, 4) is 5.88 Å². The van der Waals surface area contributed by atoms with Crippen molar-refractivity contribution in [2.24, 2.45) is 0 Å². The van der Waals surface area contributed by atoms with E-state index in [9.17, 15) is 9.59 Å². The quantitative estimate of drug-likeness (QED) is 0.912. The van der Waals surface area contributed by atoms with Crippen LogP contribution < -0.4 is 10.3 Å². The lowest BCUT2D eigenvalue weighted by molar-refractivity contribution is 0.0749. The molecule has 24 heavy (non-hydrogen) atoms. The first-order valence-corrected chi connectivity index (χ1v) is 7.90. The number of ether oxygens (including phenoxy) is 2. The molecule has 0 bridgehead atoms. The Morgan fingerprint density at radius 1 is 1.33 bits per heavy atom. The monoisotopic (exact) mass is 327 g/mol. The normalized spacial score (nSPS) is 19.3. The van der Waals surface area contributed by atoms with Crippen LogP contribution in [-0.2, 0) is 17.8 Å². The van der Waals surface area contributed by atoms with Crippen LogP contribution in [0.5, 0.6) is 5.88 Å². The number of aromatic nitrogens is 2. The zero-order chi connectivity index (χ0) is 16.5. The number of amides is 1. The van der Waals surface area contributed by atoms with Crippen LogP contribution >= 0.6 is 0 Å². The summed E-state index contributed by atoms with van der Waals surface area (Å²) in [5, 5.41) is 0. The minimum absolute atomic E-state index is 0.0102. The van der Waals surface area contributed by atoms with Crippen molar-refractivity contribution in [3.63, 3.8) is 0 Å². The molecule has 0 saturated carbocycles. The molecule has 124 valence electrons. The van der Waals surface area contributed by atoms with Gasteiger partial charge < -0.3 is 19.4 Å². The molecule has 1 N–H and O–H groups in total. The summed E-state index contributed by atoms with van der Waals surface area (Å²) < 4.78 is 11.0. The molecule has 2 aliphatic rings. The summed E-state index contributed by atoms with van der Waals surface area (Å²) in [5.41, 5.74) is 2.14. The Labute approximate surface area is 138 Å². The second-order valence-electron chi connectivity index (χ2n) is 5.97. The van der Waals surface area contributed by atoms with E-state index in [1.807, 2.05) is 0 Å². The van der Waals surface area contributed by atoms with Gasteiger partial charge in [0.2, 0.25) is 11.4 Å². The number of carbonyl (C=O) groups excluding carboxylic acids is 1. The molecule has 0 aliphatic carbocycles. The van der Waals surface area contributed by atoms with E-state index in [0.29, 0.717) is 37.7 Å². The van der Waals surface area contributed by atoms with Crippen LogP contribution in [0.15, 0.2) is 35.3 Å². The van der Waals surface area contributed by atoms with E-state index in [-0.39, 0.29) is 17.6 Å². The Morgan fingerprint density at radius 2 is 2.25 bits per heavy atom. The fraction of sp³-hybridized carbons (Fsp3) is 0.353. The fourth-order valence-electron chi connectivity index (χ4n) is 3.00. The zero-order valence-corrected chi connectivity index (χ0v) is 13.0. The smallest absolute Gasteiger partial charge is 0.254 e. The molecule has 1 unspecified atom stereocenters. The SMILES string of the molecule is O=C(c1ccnc(OC2CCOC2)c1)N1Cc2ccc(=O)[nH]c2C1.